The van der Waals surface area contributed by atoms with Crippen LogP contribution < -0.4 is 15.7 Å². The van der Waals surface area contributed by atoms with Crippen LogP contribution >= 0.6 is 0 Å². The molecule has 0 heterocycles. The molecule has 0 bridgehead atoms. The Labute approximate surface area is 170 Å². The predicted molar refractivity (Wildman–Crippen MR) is 119 cm³/mol. The van der Waals surface area contributed by atoms with Crippen molar-refractivity contribution in [1.82, 2.24) is 0 Å². The van der Waals surface area contributed by atoms with Gasteiger partial charge in [0.2, 0.25) is 0 Å². The van der Waals surface area contributed by atoms with Crippen molar-refractivity contribution >= 4 is 13.3 Å². The number of aliphatic hydroxyl groups excluding tert-OH is 2. The Bertz CT molecular complexity index is 727. The Balaban J connectivity index is 1.77. The lowest BCUT2D eigenvalue weighted by Gasteiger charge is -2.24. The summed E-state index contributed by atoms with van der Waals surface area (Å²) >= 11 is 0. The lowest BCUT2D eigenvalue weighted by Crippen LogP contribution is -2.47. The summed E-state index contributed by atoms with van der Waals surface area (Å²) in [6.07, 6.45) is 2.31. The molecular weight excluding hydrogens is 366 g/mol. The fourth-order valence-electron chi connectivity index (χ4n) is 3.27. The van der Waals surface area contributed by atoms with Gasteiger partial charge in [0.1, 0.15) is 5.75 Å². The first-order valence-corrected chi connectivity index (χ1v) is 13.3. The van der Waals surface area contributed by atoms with E-state index in [2.05, 4.69) is 44.3 Å². The second kappa shape index (κ2) is 10.2. The third-order valence-corrected chi connectivity index (χ3v) is 8.96. The van der Waals surface area contributed by atoms with Gasteiger partial charge in [-0.05, 0) is 43.9 Å². The lowest BCUT2D eigenvalue weighted by molar-refractivity contribution is 0.115. The fraction of sp³-hybridized carbons (Fsp3) is 0.478. The van der Waals surface area contributed by atoms with Crippen LogP contribution in [0.15, 0.2) is 48.5 Å². The zero-order chi connectivity index (χ0) is 20.6. The van der Waals surface area contributed by atoms with E-state index >= 15 is 0 Å². The van der Waals surface area contributed by atoms with Crippen molar-refractivity contribution in [1.29, 1.82) is 0 Å². The molecule has 0 aliphatic carbocycles. The average Bonchev–Trinajstić information content (AvgIpc) is 2.70. The van der Waals surface area contributed by atoms with Crippen LogP contribution in [0, 0.1) is 6.92 Å². The van der Waals surface area contributed by atoms with Crippen LogP contribution in [0.5, 0.6) is 5.75 Å². The first-order valence-electron chi connectivity index (χ1n) is 10.1. The van der Waals surface area contributed by atoms with Crippen LogP contribution in [-0.4, -0.2) is 43.6 Å². The summed E-state index contributed by atoms with van der Waals surface area (Å²) in [6.45, 7) is 7.30. The van der Waals surface area contributed by atoms with Crippen molar-refractivity contribution in [2.45, 2.75) is 50.9 Å². The van der Waals surface area contributed by atoms with E-state index in [4.69, 9.17) is 10.5 Å². The summed E-state index contributed by atoms with van der Waals surface area (Å²) in [5, 5.41) is 20.1. The van der Waals surface area contributed by atoms with E-state index in [9.17, 15) is 10.2 Å². The number of aliphatic hydroxyl groups is 2. The van der Waals surface area contributed by atoms with E-state index in [1.807, 2.05) is 24.3 Å². The molecule has 2 aromatic rings. The molecule has 28 heavy (non-hydrogen) atoms. The highest BCUT2D eigenvalue weighted by atomic mass is 28.3. The topological polar surface area (TPSA) is 75.7 Å². The first-order chi connectivity index (χ1) is 13.3. The van der Waals surface area contributed by atoms with Crippen LogP contribution in [0.3, 0.4) is 0 Å². The number of nitrogens with two attached hydrogens (primary N) is 1. The molecule has 0 atom stereocenters. The van der Waals surface area contributed by atoms with Crippen molar-refractivity contribution < 1.29 is 14.9 Å². The minimum absolute atomic E-state index is 0.215. The summed E-state index contributed by atoms with van der Waals surface area (Å²) in [7, 11) is -1.43. The van der Waals surface area contributed by atoms with Crippen LogP contribution in [0.4, 0.5) is 0 Å². The summed E-state index contributed by atoms with van der Waals surface area (Å²) in [5.74, 6) is 0.877. The van der Waals surface area contributed by atoms with Gasteiger partial charge in [0, 0.05) is 0 Å². The molecule has 0 fully saturated rings. The molecule has 4 nitrogen and oxygen atoms in total. The Kier molecular flexibility index (Phi) is 8.25. The summed E-state index contributed by atoms with van der Waals surface area (Å²) in [6, 6.07) is 18.1. The van der Waals surface area contributed by atoms with Gasteiger partial charge < -0.3 is 20.7 Å². The second-order valence-corrected chi connectivity index (χ2v) is 13.4. The highest BCUT2D eigenvalue weighted by Crippen LogP contribution is 2.18. The maximum atomic E-state index is 9.27. The van der Waals surface area contributed by atoms with Gasteiger partial charge in [-0.1, -0.05) is 66.3 Å². The van der Waals surface area contributed by atoms with Gasteiger partial charge in [-0.25, -0.2) is 0 Å². The summed E-state index contributed by atoms with van der Waals surface area (Å²) in [4.78, 5) is 0. The third-order valence-electron chi connectivity index (χ3n) is 5.48. The second-order valence-electron chi connectivity index (χ2n) is 8.53. The number of hydrogen-bond donors (Lipinski definition) is 3. The minimum Gasteiger partial charge on any atom is -0.494 e. The molecule has 154 valence electrons. The molecule has 0 spiro atoms. The normalized spacial score (nSPS) is 12.2. The average molecular weight is 402 g/mol. The van der Waals surface area contributed by atoms with Crippen molar-refractivity contribution in [3.8, 4) is 5.75 Å². The molecule has 0 amide bonds. The van der Waals surface area contributed by atoms with Gasteiger partial charge in [-0.3, -0.25) is 0 Å². The molecule has 0 aliphatic rings. The molecule has 0 aliphatic heterocycles. The van der Waals surface area contributed by atoms with Gasteiger partial charge in [-0.2, -0.15) is 0 Å². The third kappa shape index (κ3) is 6.74. The number of ether oxygens (including phenoxy) is 1. The predicted octanol–water partition coefficient (Wildman–Crippen LogP) is 2.99. The molecule has 2 aromatic carbocycles. The quantitative estimate of drug-likeness (QED) is 0.400. The Hall–Kier alpha value is -1.66. The molecule has 2 rings (SSSR count). The Morgan fingerprint density at radius 2 is 1.71 bits per heavy atom. The zero-order valence-corrected chi connectivity index (χ0v) is 18.4. The number of benzene rings is 2. The van der Waals surface area contributed by atoms with Crippen molar-refractivity contribution in [3.63, 3.8) is 0 Å². The Morgan fingerprint density at radius 3 is 2.32 bits per heavy atom. The molecule has 5 heteroatoms. The highest BCUT2D eigenvalue weighted by Gasteiger charge is 2.23. The van der Waals surface area contributed by atoms with Gasteiger partial charge in [-0.15, -0.1) is 0 Å². The van der Waals surface area contributed by atoms with Crippen LogP contribution in [-0.2, 0) is 6.42 Å². The van der Waals surface area contributed by atoms with E-state index in [-0.39, 0.29) is 13.2 Å². The highest BCUT2D eigenvalue weighted by molar-refractivity contribution is 6.89. The van der Waals surface area contributed by atoms with Crippen LogP contribution in [0.1, 0.15) is 24.0 Å². The summed E-state index contributed by atoms with van der Waals surface area (Å²) < 4.78 is 5.92. The monoisotopic (exact) mass is 401 g/mol. The standard InChI is InChI=1S/C23H35NO3Si/c1-19-6-4-7-22(16-19)28(2,3)15-5-14-27-21-10-8-20(9-11-21)12-13-23(24,17-25)18-26/h4,6-11,16,25-26H,5,12-15,17-18,24H2,1-3H3. The van der Waals surface area contributed by atoms with Crippen molar-refractivity contribution in [3.05, 3.63) is 59.7 Å². The minimum atomic E-state index is -1.43. The molecule has 0 unspecified atom stereocenters. The van der Waals surface area contributed by atoms with Crippen LogP contribution in [0.2, 0.25) is 19.1 Å². The van der Waals surface area contributed by atoms with Gasteiger partial charge in [0.15, 0.2) is 0 Å². The van der Waals surface area contributed by atoms with E-state index in [1.165, 1.54) is 16.8 Å². The van der Waals surface area contributed by atoms with E-state index in [0.717, 1.165) is 24.3 Å². The smallest absolute Gasteiger partial charge is 0.119 e. The molecule has 0 saturated carbocycles. The molecule has 0 aromatic heterocycles. The maximum Gasteiger partial charge on any atom is 0.119 e. The number of hydrogen-bond acceptors (Lipinski definition) is 4. The van der Waals surface area contributed by atoms with E-state index in [0.29, 0.717) is 12.8 Å². The number of aryl methyl sites for hydroxylation is 2. The molecule has 0 radical (unpaired) electrons. The molecular formula is C23H35NO3Si. The summed E-state index contributed by atoms with van der Waals surface area (Å²) in [5.41, 5.74) is 7.46. The Morgan fingerprint density at radius 1 is 1.04 bits per heavy atom. The van der Waals surface area contributed by atoms with Gasteiger partial charge in [0.25, 0.3) is 0 Å². The zero-order valence-electron chi connectivity index (χ0n) is 17.4. The van der Waals surface area contributed by atoms with Gasteiger partial charge >= 0.3 is 0 Å². The lowest BCUT2D eigenvalue weighted by atomic mass is 9.94. The number of rotatable bonds is 11. The van der Waals surface area contributed by atoms with E-state index in [1.54, 1.807) is 0 Å². The van der Waals surface area contributed by atoms with Gasteiger partial charge in [0.05, 0.1) is 33.4 Å². The molecule has 4 N–H and O–H groups in total. The SMILES string of the molecule is Cc1cccc([Si](C)(C)CCCOc2ccc(CCC(N)(CO)CO)cc2)c1. The van der Waals surface area contributed by atoms with Crippen molar-refractivity contribution in [2.75, 3.05) is 19.8 Å². The van der Waals surface area contributed by atoms with E-state index < -0.39 is 13.6 Å². The maximum absolute atomic E-state index is 9.27. The largest absolute Gasteiger partial charge is 0.494 e. The first kappa shape index (κ1) is 22.6. The molecule has 0 saturated heterocycles. The van der Waals surface area contributed by atoms with Crippen molar-refractivity contribution in [2.24, 2.45) is 5.73 Å². The fourth-order valence-corrected chi connectivity index (χ4v) is 5.75. The van der Waals surface area contributed by atoms with Crippen LogP contribution in [0.25, 0.3) is 0 Å².